The molecule has 2 unspecified atom stereocenters. The number of carboxylic acid groups (broad SMARTS) is 1. The molecule has 1 fully saturated rings. The molecule has 18 heavy (non-hydrogen) atoms. The number of nitrogens with zero attached hydrogens (tertiary/aromatic N) is 1. The van der Waals surface area contributed by atoms with Gasteiger partial charge in [-0.05, 0) is 39.0 Å². The van der Waals surface area contributed by atoms with E-state index in [1.54, 1.807) is 18.7 Å². The van der Waals surface area contributed by atoms with Crippen LogP contribution in [-0.2, 0) is 4.79 Å². The van der Waals surface area contributed by atoms with E-state index >= 15 is 0 Å². The van der Waals surface area contributed by atoms with Crippen LogP contribution in [0.4, 0.5) is 4.79 Å². The largest absolute Gasteiger partial charge is 0.480 e. The third-order valence-electron chi connectivity index (χ3n) is 3.92. The minimum Gasteiger partial charge on any atom is -0.480 e. The van der Waals surface area contributed by atoms with Crippen molar-refractivity contribution < 1.29 is 14.7 Å². The van der Waals surface area contributed by atoms with Gasteiger partial charge in [0.05, 0.1) is 0 Å². The normalized spacial score (nSPS) is 23.3. The molecule has 0 aliphatic carbocycles. The van der Waals surface area contributed by atoms with E-state index < -0.39 is 11.5 Å². The van der Waals surface area contributed by atoms with E-state index in [2.05, 4.69) is 12.2 Å². The second-order valence-corrected chi connectivity index (χ2v) is 5.17. The molecule has 0 aromatic rings. The van der Waals surface area contributed by atoms with E-state index in [4.69, 9.17) is 5.11 Å². The first kappa shape index (κ1) is 14.8. The van der Waals surface area contributed by atoms with Gasteiger partial charge in [-0.2, -0.15) is 0 Å². The predicted molar refractivity (Wildman–Crippen MR) is 69.5 cm³/mol. The summed E-state index contributed by atoms with van der Waals surface area (Å²) in [4.78, 5) is 25.2. The number of amides is 2. The van der Waals surface area contributed by atoms with Gasteiger partial charge in [-0.15, -0.1) is 0 Å². The summed E-state index contributed by atoms with van der Waals surface area (Å²) in [5.41, 5.74) is -1.17. The lowest BCUT2D eigenvalue weighted by atomic mass is 9.98. The Morgan fingerprint density at radius 1 is 1.39 bits per heavy atom. The molecule has 1 aliphatic rings. The average Bonchev–Trinajstić information content (AvgIpc) is 2.38. The molecule has 1 saturated heterocycles. The van der Waals surface area contributed by atoms with Crippen molar-refractivity contribution in [3.8, 4) is 0 Å². The van der Waals surface area contributed by atoms with E-state index in [9.17, 15) is 9.59 Å². The Kier molecular flexibility index (Phi) is 4.99. The van der Waals surface area contributed by atoms with Gasteiger partial charge in [0.2, 0.25) is 0 Å². The number of hydrogen-bond acceptors (Lipinski definition) is 2. The van der Waals surface area contributed by atoms with Crippen LogP contribution in [0.15, 0.2) is 0 Å². The van der Waals surface area contributed by atoms with Gasteiger partial charge in [0.25, 0.3) is 0 Å². The zero-order valence-corrected chi connectivity index (χ0v) is 11.5. The standard InChI is InChI=1S/C13H24N2O3/c1-4-10-8-6-7-9-15(10)12(18)14-13(3,5-2)11(16)17/h10H,4-9H2,1-3H3,(H,14,18)(H,16,17). The van der Waals surface area contributed by atoms with Crippen molar-refractivity contribution in [3.63, 3.8) is 0 Å². The molecule has 2 N–H and O–H groups in total. The summed E-state index contributed by atoms with van der Waals surface area (Å²) >= 11 is 0. The second kappa shape index (κ2) is 6.07. The minimum absolute atomic E-state index is 0.242. The van der Waals surface area contributed by atoms with E-state index in [1.165, 1.54) is 0 Å². The molecule has 0 radical (unpaired) electrons. The van der Waals surface area contributed by atoms with Gasteiger partial charge >= 0.3 is 12.0 Å². The Balaban J connectivity index is 2.71. The van der Waals surface area contributed by atoms with Crippen LogP contribution in [0.1, 0.15) is 52.9 Å². The van der Waals surface area contributed by atoms with Gasteiger partial charge < -0.3 is 15.3 Å². The first-order valence-corrected chi connectivity index (χ1v) is 6.76. The Hall–Kier alpha value is -1.26. The van der Waals surface area contributed by atoms with E-state index in [-0.39, 0.29) is 12.1 Å². The fraction of sp³-hybridized carbons (Fsp3) is 0.846. The van der Waals surface area contributed by atoms with Gasteiger partial charge in [0, 0.05) is 12.6 Å². The van der Waals surface area contributed by atoms with E-state index in [0.29, 0.717) is 6.42 Å². The van der Waals surface area contributed by atoms with E-state index in [0.717, 1.165) is 32.2 Å². The van der Waals surface area contributed by atoms with Crippen molar-refractivity contribution in [2.45, 2.75) is 64.5 Å². The molecule has 0 aromatic heterocycles. The maximum absolute atomic E-state index is 12.2. The lowest BCUT2D eigenvalue weighted by Crippen LogP contribution is -2.58. The molecular weight excluding hydrogens is 232 g/mol. The Labute approximate surface area is 109 Å². The molecule has 5 nitrogen and oxygen atoms in total. The SMILES string of the molecule is CCC1CCCCN1C(=O)NC(C)(CC)C(=O)O. The van der Waals surface area contributed by atoms with Gasteiger partial charge in [-0.25, -0.2) is 9.59 Å². The molecule has 0 spiro atoms. The quantitative estimate of drug-likeness (QED) is 0.810. The number of carbonyl (C=O) groups is 2. The fourth-order valence-electron chi connectivity index (χ4n) is 2.29. The molecule has 0 bridgehead atoms. The highest BCUT2D eigenvalue weighted by Crippen LogP contribution is 2.20. The Morgan fingerprint density at radius 3 is 2.56 bits per heavy atom. The number of urea groups is 1. The first-order valence-electron chi connectivity index (χ1n) is 6.76. The van der Waals surface area contributed by atoms with Crippen LogP contribution < -0.4 is 5.32 Å². The smallest absolute Gasteiger partial charge is 0.329 e. The Bertz CT molecular complexity index is 319. The van der Waals surface area contributed by atoms with Crippen molar-refractivity contribution in [1.29, 1.82) is 0 Å². The summed E-state index contributed by atoms with van der Waals surface area (Å²) in [5, 5.41) is 11.8. The summed E-state index contributed by atoms with van der Waals surface area (Å²) in [6.07, 6.45) is 4.45. The third-order valence-corrected chi connectivity index (χ3v) is 3.92. The van der Waals surface area contributed by atoms with Gasteiger partial charge in [0.15, 0.2) is 0 Å². The second-order valence-electron chi connectivity index (χ2n) is 5.17. The van der Waals surface area contributed by atoms with E-state index in [1.807, 2.05) is 0 Å². The molecular formula is C13H24N2O3. The summed E-state index contributed by atoms with van der Waals surface area (Å²) in [5.74, 6) is -0.983. The van der Waals surface area contributed by atoms with Crippen LogP contribution >= 0.6 is 0 Å². The van der Waals surface area contributed by atoms with Gasteiger partial charge in [0.1, 0.15) is 5.54 Å². The number of carbonyl (C=O) groups excluding carboxylic acids is 1. The topological polar surface area (TPSA) is 69.6 Å². The van der Waals surface area contributed by atoms with Crippen molar-refractivity contribution in [2.24, 2.45) is 0 Å². The number of aliphatic carboxylic acids is 1. The summed E-state index contributed by atoms with van der Waals surface area (Å²) in [6, 6.07) is 0.00181. The maximum Gasteiger partial charge on any atom is 0.329 e. The van der Waals surface area contributed by atoms with Crippen molar-refractivity contribution in [3.05, 3.63) is 0 Å². The van der Waals surface area contributed by atoms with Crippen LogP contribution in [0, 0.1) is 0 Å². The Morgan fingerprint density at radius 2 is 2.06 bits per heavy atom. The highest BCUT2D eigenvalue weighted by atomic mass is 16.4. The molecule has 1 heterocycles. The lowest BCUT2D eigenvalue weighted by Gasteiger charge is -2.37. The van der Waals surface area contributed by atoms with Crippen LogP contribution in [0.2, 0.25) is 0 Å². The molecule has 5 heteroatoms. The van der Waals surface area contributed by atoms with Gasteiger partial charge in [-0.3, -0.25) is 0 Å². The number of likely N-dealkylation sites (tertiary alicyclic amines) is 1. The minimum atomic E-state index is -1.17. The molecule has 1 rings (SSSR count). The molecule has 2 amide bonds. The molecule has 0 aromatic carbocycles. The summed E-state index contributed by atoms with van der Waals surface area (Å²) in [7, 11) is 0. The number of hydrogen-bond donors (Lipinski definition) is 2. The van der Waals surface area contributed by atoms with Crippen LogP contribution in [0.3, 0.4) is 0 Å². The highest BCUT2D eigenvalue weighted by Gasteiger charge is 2.36. The molecule has 0 saturated carbocycles. The fourth-order valence-corrected chi connectivity index (χ4v) is 2.29. The molecule has 2 atom stereocenters. The summed E-state index contributed by atoms with van der Waals surface area (Å²) < 4.78 is 0. The zero-order valence-electron chi connectivity index (χ0n) is 11.5. The average molecular weight is 256 g/mol. The zero-order chi connectivity index (χ0) is 13.8. The number of rotatable bonds is 4. The van der Waals surface area contributed by atoms with Crippen LogP contribution in [0.25, 0.3) is 0 Å². The van der Waals surface area contributed by atoms with Gasteiger partial charge in [-0.1, -0.05) is 13.8 Å². The highest BCUT2D eigenvalue weighted by molar-refractivity contribution is 5.86. The number of nitrogens with one attached hydrogen (secondary N) is 1. The number of carboxylic acids is 1. The van der Waals surface area contributed by atoms with Crippen molar-refractivity contribution in [1.82, 2.24) is 10.2 Å². The third kappa shape index (κ3) is 3.15. The van der Waals surface area contributed by atoms with Crippen molar-refractivity contribution in [2.75, 3.05) is 6.54 Å². The first-order chi connectivity index (χ1) is 8.44. The maximum atomic E-state index is 12.2. The molecule has 1 aliphatic heterocycles. The number of piperidine rings is 1. The van der Waals surface area contributed by atoms with Crippen LogP contribution in [0.5, 0.6) is 0 Å². The van der Waals surface area contributed by atoms with Crippen molar-refractivity contribution >= 4 is 12.0 Å². The van der Waals surface area contributed by atoms with Crippen LogP contribution in [-0.4, -0.2) is 40.1 Å². The lowest BCUT2D eigenvalue weighted by molar-refractivity contribution is -0.143. The predicted octanol–water partition coefficient (Wildman–Crippen LogP) is 2.21. The monoisotopic (exact) mass is 256 g/mol. The molecule has 104 valence electrons. The summed E-state index contributed by atoms with van der Waals surface area (Å²) in [6.45, 7) is 6.11.